The molecule has 2 rings (SSSR count). The minimum Gasteiger partial charge on any atom is -0.308 e. The van der Waals surface area contributed by atoms with Gasteiger partial charge in [0.15, 0.2) is 0 Å². The third kappa shape index (κ3) is 5.98. The van der Waals surface area contributed by atoms with Gasteiger partial charge < -0.3 is 5.32 Å². The Kier molecular flexibility index (Phi) is 8.02. The molecule has 0 amide bonds. The second-order valence-electron chi connectivity index (χ2n) is 4.57. The summed E-state index contributed by atoms with van der Waals surface area (Å²) in [5.41, 5.74) is 1.83. The first-order valence-electron chi connectivity index (χ1n) is 6.42. The summed E-state index contributed by atoms with van der Waals surface area (Å²) in [4.78, 5) is 1.24. The predicted octanol–water partition coefficient (Wildman–Crippen LogP) is 3.27. The number of sulfonamides is 1. The van der Waals surface area contributed by atoms with Gasteiger partial charge in [0.1, 0.15) is 0 Å². The molecule has 8 heteroatoms. The van der Waals surface area contributed by atoms with Gasteiger partial charge in [-0.2, -0.15) is 0 Å². The predicted molar refractivity (Wildman–Crippen MR) is 97.9 cm³/mol. The molecule has 1 aromatic carbocycles. The zero-order valence-corrected chi connectivity index (χ0v) is 16.0. The van der Waals surface area contributed by atoms with E-state index in [1.54, 1.807) is 11.3 Å². The Morgan fingerprint density at radius 2 is 1.86 bits per heavy atom. The molecule has 0 saturated heterocycles. The van der Waals surface area contributed by atoms with Crippen LogP contribution < -0.4 is 10.0 Å². The summed E-state index contributed by atoms with van der Waals surface area (Å²) in [5, 5.41) is 5.40. The standard InChI is InChI=1S/C14H17BrN2O2S2.ClH/c1-16-21(18,19)10-12-5-3-2-4-11(12)7-17-8-14-6-13(15)9-20-14;/h2-6,9,16-17H,7-8,10H2,1H3;1H. The van der Waals surface area contributed by atoms with Gasteiger partial charge in [-0.25, -0.2) is 13.1 Å². The van der Waals surface area contributed by atoms with E-state index in [1.807, 2.05) is 29.6 Å². The van der Waals surface area contributed by atoms with E-state index in [0.29, 0.717) is 6.54 Å². The smallest absolute Gasteiger partial charge is 0.215 e. The molecular formula is C14H18BrClN2O2S2. The van der Waals surface area contributed by atoms with Gasteiger partial charge in [-0.3, -0.25) is 0 Å². The van der Waals surface area contributed by atoms with E-state index in [0.717, 1.165) is 22.1 Å². The van der Waals surface area contributed by atoms with E-state index < -0.39 is 10.0 Å². The number of halogens is 2. The topological polar surface area (TPSA) is 58.2 Å². The molecule has 22 heavy (non-hydrogen) atoms. The molecule has 1 heterocycles. The number of thiophene rings is 1. The van der Waals surface area contributed by atoms with Crippen LogP contribution in [0.4, 0.5) is 0 Å². The summed E-state index contributed by atoms with van der Waals surface area (Å²) in [6.45, 7) is 1.41. The van der Waals surface area contributed by atoms with Gasteiger partial charge in [0.2, 0.25) is 10.0 Å². The highest BCUT2D eigenvalue weighted by Gasteiger charge is 2.11. The first-order chi connectivity index (χ1) is 10.00. The maximum Gasteiger partial charge on any atom is 0.215 e. The summed E-state index contributed by atoms with van der Waals surface area (Å²) >= 11 is 5.12. The second kappa shape index (κ2) is 9.00. The van der Waals surface area contributed by atoms with Crippen LogP contribution in [-0.2, 0) is 28.9 Å². The van der Waals surface area contributed by atoms with Crippen molar-refractivity contribution in [1.29, 1.82) is 0 Å². The minimum atomic E-state index is -3.25. The molecule has 0 unspecified atom stereocenters. The Hall–Kier alpha value is -0.440. The number of nitrogens with one attached hydrogen (secondary N) is 2. The average Bonchev–Trinajstić information content (AvgIpc) is 2.86. The number of hydrogen-bond donors (Lipinski definition) is 2. The average molecular weight is 426 g/mol. The van der Waals surface area contributed by atoms with E-state index in [-0.39, 0.29) is 18.2 Å². The normalized spacial score (nSPS) is 11.2. The van der Waals surface area contributed by atoms with Crippen LogP contribution in [0.2, 0.25) is 0 Å². The Morgan fingerprint density at radius 1 is 1.18 bits per heavy atom. The lowest BCUT2D eigenvalue weighted by atomic mass is 10.1. The Bertz CT molecular complexity index is 704. The number of benzene rings is 1. The van der Waals surface area contributed by atoms with Crippen LogP contribution in [0.15, 0.2) is 40.2 Å². The molecular weight excluding hydrogens is 408 g/mol. The third-order valence-corrected chi connectivity index (χ3v) is 6.02. The largest absolute Gasteiger partial charge is 0.308 e. The summed E-state index contributed by atoms with van der Waals surface area (Å²) in [6, 6.07) is 9.68. The molecule has 0 bridgehead atoms. The van der Waals surface area contributed by atoms with Gasteiger partial charge in [-0.1, -0.05) is 24.3 Å². The molecule has 1 aromatic heterocycles. The van der Waals surface area contributed by atoms with E-state index in [2.05, 4.69) is 32.0 Å². The molecule has 0 aliphatic carbocycles. The molecule has 0 aliphatic heterocycles. The van der Waals surface area contributed by atoms with Crippen LogP contribution in [0.3, 0.4) is 0 Å². The Morgan fingerprint density at radius 3 is 2.45 bits per heavy atom. The Balaban J connectivity index is 0.00000242. The van der Waals surface area contributed by atoms with E-state index >= 15 is 0 Å². The van der Waals surface area contributed by atoms with Crippen molar-refractivity contribution >= 4 is 49.7 Å². The zero-order chi connectivity index (χ0) is 15.3. The van der Waals surface area contributed by atoms with Crippen molar-refractivity contribution in [2.45, 2.75) is 18.8 Å². The van der Waals surface area contributed by atoms with Crippen LogP contribution in [0.25, 0.3) is 0 Å². The first-order valence-corrected chi connectivity index (χ1v) is 9.74. The van der Waals surface area contributed by atoms with E-state index in [1.165, 1.54) is 11.9 Å². The van der Waals surface area contributed by atoms with Crippen LogP contribution in [0.1, 0.15) is 16.0 Å². The third-order valence-electron chi connectivity index (χ3n) is 3.01. The molecule has 0 spiro atoms. The molecule has 122 valence electrons. The van der Waals surface area contributed by atoms with E-state index in [4.69, 9.17) is 0 Å². The molecule has 0 atom stereocenters. The van der Waals surface area contributed by atoms with Gasteiger partial charge >= 0.3 is 0 Å². The summed E-state index contributed by atoms with van der Waals surface area (Å²) < 4.78 is 26.8. The van der Waals surface area contributed by atoms with Crippen molar-refractivity contribution in [2.24, 2.45) is 0 Å². The van der Waals surface area contributed by atoms with Crippen molar-refractivity contribution in [3.63, 3.8) is 0 Å². The monoisotopic (exact) mass is 424 g/mol. The van der Waals surface area contributed by atoms with Gasteiger partial charge in [-0.05, 0) is 40.2 Å². The van der Waals surface area contributed by atoms with Crippen LogP contribution >= 0.6 is 39.7 Å². The highest BCUT2D eigenvalue weighted by atomic mass is 79.9. The molecule has 0 radical (unpaired) electrons. The van der Waals surface area contributed by atoms with Crippen molar-refractivity contribution in [2.75, 3.05) is 7.05 Å². The quantitative estimate of drug-likeness (QED) is 0.716. The van der Waals surface area contributed by atoms with Crippen molar-refractivity contribution in [3.05, 3.63) is 56.2 Å². The van der Waals surface area contributed by atoms with E-state index in [9.17, 15) is 8.42 Å². The first kappa shape index (κ1) is 19.6. The van der Waals surface area contributed by atoms with Crippen molar-refractivity contribution < 1.29 is 8.42 Å². The fourth-order valence-corrected chi connectivity index (χ4v) is 4.17. The van der Waals surface area contributed by atoms with Crippen molar-refractivity contribution in [1.82, 2.24) is 10.0 Å². The summed E-state index contributed by atoms with van der Waals surface area (Å²) in [5.74, 6) is 0.00586. The maximum atomic E-state index is 11.7. The second-order valence-corrected chi connectivity index (χ2v) is 8.40. The number of hydrogen-bond acceptors (Lipinski definition) is 4. The van der Waals surface area contributed by atoms with Gasteiger partial charge in [0.25, 0.3) is 0 Å². The lowest BCUT2D eigenvalue weighted by molar-refractivity contribution is 0.587. The molecule has 0 saturated carbocycles. The van der Waals surface area contributed by atoms with Crippen molar-refractivity contribution in [3.8, 4) is 0 Å². The molecule has 0 aliphatic rings. The Labute approximate surface area is 149 Å². The van der Waals surface area contributed by atoms with Crippen LogP contribution in [0.5, 0.6) is 0 Å². The zero-order valence-electron chi connectivity index (χ0n) is 12.0. The lowest BCUT2D eigenvalue weighted by Crippen LogP contribution is -2.22. The fraction of sp³-hybridized carbons (Fsp3) is 0.286. The van der Waals surface area contributed by atoms with Gasteiger partial charge in [-0.15, -0.1) is 23.7 Å². The van der Waals surface area contributed by atoms with Gasteiger partial charge in [0, 0.05) is 27.8 Å². The SMILES string of the molecule is CNS(=O)(=O)Cc1ccccc1CNCc1cc(Br)cs1.Cl. The molecule has 2 aromatic rings. The maximum absolute atomic E-state index is 11.7. The summed E-state index contributed by atoms with van der Waals surface area (Å²) in [6.07, 6.45) is 0. The minimum absolute atomic E-state index is 0. The fourth-order valence-electron chi connectivity index (χ4n) is 1.91. The van der Waals surface area contributed by atoms with Crippen LogP contribution in [-0.4, -0.2) is 15.5 Å². The molecule has 4 nitrogen and oxygen atoms in total. The highest BCUT2D eigenvalue weighted by molar-refractivity contribution is 9.10. The summed E-state index contributed by atoms with van der Waals surface area (Å²) in [7, 11) is -1.82. The number of rotatable bonds is 7. The van der Waals surface area contributed by atoms with Gasteiger partial charge in [0.05, 0.1) is 5.75 Å². The highest BCUT2D eigenvalue weighted by Crippen LogP contribution is 2.19. The lowest BCUT2D eigenvalue weighted by Gasteiger charge is -2.10. The molecule has 2 N–H and O–H groups in total. The van der Waals surface area contributed by atoms with Crippen LogP contribution in [0, 0.1) is 0 Å². The molecule has 0 fully saturated rings.